The molecule has 0 aromatic rings. The smallest absolute Gasteiger partial charge is 0.180 e. The van der Waals surface area contributed by atoms with Gasteiger partial charge in [0.05, 0.1) is 6.61 Å². The Hall–Kier alpha value is -0.980. The monoisotopic (exact) mass is 731 g/mol. The molecule has 0 aliphatic carbocycles. The summed E-state index contributed by atoms with van der Waals surface area (Å²) in [5.41, 5.74) is -2.98. The molecule has 0 bridgehead atoms. The van der Waals surface area contributed by atoms with Crippen molar-refractivity contribution in [3.05, 3.63) is 0 Å². The predicted molar refractivity (Wildman–Crippen MR) is 201 cm³/mol. The van der Waals surface area contributed by atoms with Gasteiger partial charge in [0, 0.05) is 12.8 Å². The van der Waals surface area contributed by atoms with Crippen LogP contribution in [-0.4, -0.2) is 102 Å². The Labute approximate surface area is 309 Å². The minimum atomic E-state index is -2.98. The first-order valence-electron chi connectivity index (χ1n) is 21.0. The maximum Gasteiger partial charge on any atom is 0.180 e. The zero-order chi connectivity index (χ0) is 37.9. The molecule has 1 aliphatic rings. The molecule has 10 nitrogen and oxygen atoms in total. The molecule has 1 aliphatic heterocycles. The largest absolute Gasteiger partial charge is 0.394 e. The minimum absolute atomic E-state index is 0.0617. The highest BCUT2D eigenvalue weighted by molar-refractivity contribution is 5.91. The third kappa shape index (κ3) is 18.3. The lowest BCUT2D eigenvalue weighted by Gasteiger charge is -2.48. The van der Waals surface area contributed by atoms with Gasteiger partial charge in [-0.2, -0.15) is 0 Å². The number of ketones is 2. The van der Waals surface area contributed by atoms with Crippen LogP contribution < -0.4 is 0 Å². The zero-order valence-corrected chi connectivity index (χ0v) is 32.4. The van der Waals surface area contributed by atoms with E-state index >= 15 is 0 Å². The molecule has 1 saturated heterocycles. The third-order valence-corrected chi connectivity index (χ3v) is 10.9. The minimum Gasteiger partial charge on any atom is -0.394 e. The first-order valence-corrected chi connectivity index (χ1v) is 21.0. The van der Waals surface area contributed by atoms with E-state index in [9.17, 15) is 45.3 Å². The van der Waals surface area contributed by atoms with Crippen molar-refractivity contribution in [2.24, 2.45) is 0 Å². The second-order valence-corrected chi connectivity index (χ2v) is 15.3. The quantitative estimate of drug-likeness (QED) is 0.0367. The van der Waals surface area contributed by atoms with Crippen LogP contribution in [-0.2, 0) is 14.3 Å². The lowest BCUT2D eigenvalue weighted by atomic mass is 9.75. The van der Waals surface area contributed by atoms with Crippen LogP contribution in [0.15, 0.2) is 0 Å². The van der Waals surface area contributed by atoms with Crippen LogP contribution in [0.25, 0.3) is 0 Å². The molecule has 10 heteroatoms. The molecule has 51 heavy (non-hydrogen) atoms. The van der Waals surface area contributed by atoms with Gasteiger partial charge in [0.1, 0.15) is 42.7 Å². The van der Waals surface area contributed by atoms with E-state index in [-0.39, 0.29) is 12.8 Å². The van der Waals surface area contributed by atoms with E-state index < -0.39 is 66.5 Å². The van der Waals surface area contributed by atoms with Crippen LogP contribution in [0.3, 0.4) is 0 Å². The molecule has 7 N–H and O–H groups in total. The molecular weight excluding hydrogens is 652 g/mol. The van der Waals surface area contributed by atoms with Crippen molar-refractivity contribution in [1.29, 1.82) is 0 Å². The summed E-state index contributed by atoms with van der Waals surface area (Å²) >= 11 is 0. The first-order chi connectivity index (χ1) is 24.6. The van der Waals surface area contributed by atoms with Crippen molar-refractivity contribution in [2.45, 2.75) is 242 Å². The highest BCUT2D eigenvalue weighted by Gasteiger charge is 2.60. The van der Waals surface area contributed by atoms with E-state index in [4.69, 9.17) is 4.74 Å². The van der Waals surface area contributed by atoms with E-state index in [1.807, 2.05) is 0 Å². The molecule has 0 spiro atoms. The molecule has 0 amide bonds. The number of unbranched alkanes of at least 4 members (excludes halogenated alkanes) is 24. The summed E-state index contributed by atoms with van der Waals surface area (Å²) in [4.78, 5) is 26.6. The van der Waals surface area contributed by atoms with Gasteiger partial charge in [0.15, 0.2) is 17.2 Å². The number of rotatable bonds is 34. The van der Waals surface area contributed by atoms with Crippen LogP contribution in [0.4, 0.5) is 0 Å². The van der Waals surface area contributed by atoms with Crippen molar-refractivity contribution in [3.63, 3.8) is 0 Å². The maximum atomic E-state index is 13.6. The molecule has 1 fully saturated rings. The molecule has 1 heterocycles. The van der Waals surface area contributed by atoms with Gasteiger partial charge in [-0.1, -0.05) is 168 Å². The van der Waals surface area contributed by atoms with Crippen LogP contribution in [0, 0.1) is 0 Å². The predicted octanol–water partition coefficient (Wildman–Crippen LogP) is 6.38. The van der Waals surface area contributed by atoms with Gasteiger partial charge < -0.3 is 40.5 Å². The van der Waals surface area contributed by atoms with Crippen molar-refractivity contribution in [1.82, 2.24) is 0 Å². The fourth-order valence-corrected chi connectivity index (χ4v) is 7.34. The van der Waals surface area contributed by atoms with Gasteiger partial charge in [-0.15, -0.1) is 0 Å². The van der Waals surface area contributed by atoms with Gasteiger partial charge in [0.2, 0.25) is 0 Å². The number of aliphatic hydroxyl groups excluding tert-OH is 6. The number of hydrogen-bond acceptors (Lipinski definition) is 10. The molecule has 8 atom stereocenters. The van der Waals surface area contributed by atoms with Crippen LogP contribution in [0.1, 0.15) is 194 Å². The molecule has 1 rings (SSSR count). The molecule has 3 unspecified atom stereocenters. The van der Waals surface area contributed by atoms with Gasteiger partial charge in [-0.3, -0.25) is 9.59 Å². The average molecular weight is 731 g/mol. The van der Waals surface area contributed by atoms with Gasteiger partial charge in [-0.05, 0) is 12.8 Å². The summed E-state index contributed by atoms with van der Waals surface area (Å²) in [6.45, 7) is 3.63. The fraction of sp³-hybridized carbons (Fsp3) is 0.951. The summed E-state index contributed by atoms with van der Waals surface area (Å²) in [7, 11) is 0. The summed E-state index contributed by atoms with van der Waals surface area (Å²) in [6, 6.07) is 0. The molecule has 302 valence electrons. The lowest BCUT2D eigenvalue weighted by Crippen LogP contribution is -2.72. The van der Waals surface area contributed by atoms with Crippen LogP contribution in [0.2, 0.25) is 0 Å². The Bertz CT molecular complexity index is 869. The fourth-order valence-electron chi connectivity index (χ4n) is 7.34. The number of Topliss-reactive ketones (excluding diaryl/α,β-unsaturated/α-hetero) is 2. The second-order valence-electron chi connectivity index (χ2n) is 15.3. The van der Waals surface area contributed by atoms with Gasteiger partial charge in [-0.25, -0.2) is 0 Å². The lowest BCUT2D eigenvalue weighted by molar-refractivity contribution is -0.282. The summed E-state index contributed by atoms with van der Waals surface area (Å²) < 4.78 is 5.51. The number of aliphatic hydroxyl groups is 7. The second kappa shape index (κ2) is 29.4. The summed E-state index contributed by atoms with van der Waals surface area (Å²) in [5, 5.41) is 75.1. The van der Waals surface area contributed by atoms with Crippen molar-refractivity contribution in [2.75, 3.05) is 6.61 Å². The van der Waals surface area contributed by atoms with E-state index in [1.54, 1.807) is 0 Å². The highest BCUT2D eigenvalue weighted by atomic mass is 16.6. The van der Waals surface area contributed by atoms with Crippen molar-refractivity contribution in [3.8, 4) is 0 Å². The number of hydrogen-bond donors (Lipinski definition) is 7. The number of carbonyl (C=O) groups is 2. The highest BCUT2D eigenvalue weighted by Crippen LogP contribution is 2.34. The van der Waals surface area contributed by atoms with E-state index in [2.05, 4.69) is 13.8 Å². The topological polar surface area (TPSA) is 185 Å². The van der Waals surface area contributed by atoms with E-state index in [0.717, 1.165) is 44.9 Å². The standard InChI is InChI=1S/C41H78O10/c1-3-5-7-9-11-13-15-17-19-21-23-25-27-29-32(43)35(45)39(49)41(50,40-38(48)37(47)36(46)33(31-42)51-40)34(44)30-28-26-24-22-20-18-16-14-12-10-8-6-4-2/h33,35-40,42,45-50H,3-31H2,1-2H3/t33-,35?,36-,37+,38-,39?,40+,41?/m1/s1. The average Bonchev–Trinajstić information content (AvgIpc) is 3.13. The number of ether oxygens (including phenoxy) is 1. The Balaban J connectivity index is 2.63. The van der Waals surface area contributed by atoms with Crippen LogP contribution in [0.5, 0.6) is 0 Å². The maximum absolute atomic E-state index is 13.6. The SMILES string of the molecule is CCCCCCCCCCCCCCCC(=O)C(O)C(O)C(O)(C(=O)CCCCCCCCCCCCCCC)[C@H]1O[C@H](CO)[C@@H](O)[C@H](O)[C@H]1O. The van der Waals surface area contributed by atoms with Gasteiger partial charge >= 0.3 is 0 Å². The number of carbonyl (C=O) groups excluding carboxylic acids is 2. The Kier molecular flexibility index (Phi) is 27.7. The molecule has 0 radical (unpaired) electrons. The zero-order valence-electron chi connectivity index (χ0n) is 32.4. The Morgan fingerprint density at radius 3 is 1.27 bits per heavy atom. The molecule has 0 saturated carbocycles. The summed E-state index contributed by atoms with van der Waals surface area (Å²) in [6.07, 6.45) is 14.8. The summed E-state index contributed by atoms with van der Waals surface area (Å²) in [5.74, 6) is -1.70. The van der Waals surface area contributed by atoms with E-state index in [0.29, 0.717) is 19.3 Å². The molecule has 0 aromatic carbocycles. The van der Waals surface area contributed by atoms with E-state index in [1.165, 1.54) is 103 Å². The molecule has 0 aromatic heterocycles. The van der Waals surface area contributed by atoms with Crippen molar-refractivity contribution < 1.29 is 50.1 Å². The van der Waals surface area contributed by atoms with Gasteiger partial charge in [0.25, 0.3) is 0 Å². The first kappa shape index (κ1) is 48.0. The molecular formula is C41H78O10. The Morgan fingerprint density at radius 1 is 0.549 bits per heavy atom. The van der Waals surface area contributed by atoms with Crippen LogP contribution >= 0.6 is 0 Å². The normalized spacial score (nSPS) is 23.2. The Morgan fingerprint density at radius 2 is 0.902 bits per heavy atom. The third-order valence-electron chi connectivity index (χ3n) is 10.9. The van der Waals surface area contributed by atoms with Crippen molar-refractivity contribution >= 4 is 11.6 Å².